The highest BCUT2D eigenvalue weighted by atomic mass is 35.5. The summed E-state index contributed by atoms with van der Waals surface area (Å²) in [5.41, 5.74) is 2.21. The van der Waals surface area contributed by atoms with E-state index in [1.807, 2.05) is 0 Å². The first-order chi connectivity index (χ1) is 8.90. The summed E-state index contributed by atoms with van der Waals surface area (Å²) in [5, 5.41) is 9.02. The molecule has 1 heterocycles. The van der Waals surface area contributed by atoms with E-state index in [0.29, 0.717) is 18.0 Å². The van der Waals surface area contributed by atoms with Crippen LogP contribution in [0.4, 0.5) is 0 Å². The molecule has 0 aromatic carbocycles. The number of nitrogens with zero attached hydrogens (tertiary/aromatic N) is 2. The summed E-state index contributed by atoms with van der Waals surface area (Å²) < 4.78 is 2.06. The molecule has 0 amide bonds. The zero-order chi connectivity index (χ0) is 14.6. The van der Waals surface area contributed by atoms with Crippen molar-refractivity contribution in [3.05, 3.63) is 16.4 Å². The third-order valence-corrected chi connectivity index (χ3v) is 4.10. The second-order valence-corrected chi connectivity index (χ2v) is 6.05. The molecular formula is C15H28ClN3. The van der Waals surface area contributed by atoms with Crippen molar-refractivity contribution in [1.82, 2.24) is 15.1 Å². The number of rotatable bonds is 7. The number of nitrogens with one attached hydrogen (secondary N) is 1. The van der Waals surface area contributed by atoms with Crippen molar-refractivity contribution in [2.24, 2.45) is 5.92 Å². The highest BCUT2D eigenvalue weighted by Crippen LogP contribution is 2.25. The third-order valence-electron chi connectivity index (χ3n) is 3.66. The first-order valence-electron chi connectivity index (χ1n) is 7.40. The Kier molecular flexibility index (Phi) is 6.34. The molecule has 0 saturated heterocycles. The Morgan fingerprint density at radius 2 is 1.84 bits per heavy atom. The van der Waals surface area contributed by atoms with Crippen LogP contribution in [0.1, 0.15) is 52.9 Å². The molecule has 0 saturated carbocycles. The summed E-state index contributed by atoms with van der Waals surface area (Å²) in [5.74, 6) is 0.534. The highest BCUT2D eigenvalue weighted by molar-refractivity contribution is 6.31. The molecule has 0 radical (unpaired) electrons. The van der Waals surface area contributed by atoms with Crippen LogP contribution in [0.3, 0.4) is 0 Å². The van der Waals surface area contributed by atoms with Crippen LogP contribution in [0.2, 0.25) is 5.02 Å². The first-order valence-corrected chi connectivity index (χ1v) is 7.78. The van der Waals surface area contributed by atoms with E-state index < -0.39 is 0 Å². The van der Waals surface area contributed by atoms with Crippen LogP contribution in [0.15, 0.2) is 0 Å². The van der Waals surface area contributed by atoms with Gasteiger partial charge in [-0.15, -0.1) is 0 Å². The van der Waals surface area contributed by atoms with Crippen molar-refractivity contribution in [2.45, 2.75) is 73.0 Å². The van der Waals surface area contributed by atoms with Crippen molar-refractivity contribution >= 4 is 11.6 Å². The van der Waals surface area contributed by atoms with E-state index in [9.17, 15) is 0 Å². The van der Waals surface area contributed by atoms with Crippen LogP contribution in [0.5, 0.6) is 0 Å². The van der Waals surface area contributed by atoms with Gasteiger partial charge in [0, 0.05) is 18.6 Å². The molecule has 0 fully saturated rings. The minimum Gasteiger partial charge on any atom is -0.312 e. The number of aromatic nitrogens is 2. The van der Waals surface area contributed by atoms with E-state index in [0.717, 1.165) is 30.1 Å². The molecule has 1 aromatic heterocycles. The third kappa shape index (κ3) is 4.22. The van der Waals surface area contributed by atoms with Gasteiger partial charge in [-0.1, -0.05) is 39.3 Å². The van der Waals surface area contributed by atoms with Crippen LogP contribution >= 0.6 is 11.6 Å². The predicted octanol–water partition coefficient (Wildman–Crippen LogP) is 3.68. The van der Waals surface area contributed by atoms with Gasteiger partial charge >= 0.3 is 0 Å². The molecule has 4 heteroatoms. The molecule has 0 spiro atoms. The van der Waals surface area contributed by atoms with Gasteiger partial charge in [0.25, 0.3) is 0 Å². The molecule has 1 aromatic rings. The molecule has 3 nitrogen and oxygen atoms in total. The summed E-state index contributed by atoms with van der Waals surface area (Å²) in [4.78, 5) is 0. The minimum absolute atomic E-state index is 0.473. The smallest absolute Gasteiger partial charge is 0.0849 e. The van der Waals surface area contributed by atoms with Gasteiger partial charge in [-0.3, -0.25) is 4.68 Å². The maximum atomic E-state index is 6.46. The monoisotopic (exact) mass is 285 g/mol. The maximum absolute atomic E-state index is 6.46. The number of aryl methyl sites for hydroxylation is 2. The van der Waals surface area contributed by atoms with Crippen LogP contribution in [-0.4, -0.2) is 21.9 Å². The standard InChI is InChI=1S/C15H28ClN3/c1-7-13-15(16)14(19(8-2)18-13)9-11(5)12(6)17-10(3)4/h10-12,17H,7-9H2,1-6H3. The first kappa shape index (κ1) is 16.5. The molecule has 0 aliphatic carbocycles. The maximum Gasteiger partial charge on any atom is 0.0849 e. The second-order valence-electron chi connectivity index (χ2n) is 5.67. The number of hydrogen-bond donors (Lipinski definition) is 1. The van der Waals surface area contributed by atoms with E-state index in [1.165, 1.54) is 5.69 Å². The van der Waals surface area contributed by atoms with Gasteiger partial charge in [-0.25, -0.2) is 0 Å². The second kappa shape index (κ2) is 7.30. The molecule has 2 atom stereocenters. The van der Waals surface area contributed by atoms with E-state index in [1.54, 1.807) is 0 Å². The lowest BCUT2D eigenvalue weighted by atomic mass is 9.97. The topological polar surface area (TPSA) is 29.9 Å². The molecule has 0 bridgehead atoms. The Balaban J connectivity index is 2.83. The Hall–Kier alpha value is -0.540. The molecule has 0 aliphatic heterocycles. The Morgan fingerprint density at radius 1 is 1.21 bits per heavy atom. The molecule has 1 rings (SSSR count). The van der Waals surface area contributed by atoms with Gasteiger partial charge in [0.15, 0.2) is 0 Å². The minimum atomic E-state index is 0.473. The fourth-order valence-electron chi connectivity index (χ4n) is 2.38. The molecule has 19 heavy (non-hydrogen) atoms. The van der Waals surface area contributed by atoms with Gasteiger partial charge in [0.05, 0.1) is 16.4 Å². The lowest BCUT2D eigenvalue weighted by molar-refractivity contribution is 0.365. The van der Waals surface area contributed by atoms with Crippen molar-refractivity contribution in [2.75, 3.05) is 0 Å². The van der Waals surface area contributed by atoms with Crippen LogP contribution < -0.4 is 5.32 Å². The molecular weight excluding hydrogens is 258 g/mol. The van der Waals surface area contributed by atoms with Crippen molar-refractivity contribution in [1.29, 1.82) is 0 Å². The fraction of sp³-hybridized carbons (Fsp3) is 0.800. The van der Waals surface area contributed by atoms with Gasteiger partial charge in [0.2, 0.25) is 0 Å². The Bertz CT molecular complexity index is 398. The zero-order valence-corrected chi connectivity index (χ0v) is 13.9. The number of halogens is 1. The van der Waals surface area contributed by atoms with Crippen LogP contribution in [0.25, 0.3) is 0 Å². The van der Waals surface area contributed by atoms with Gasteiger partial charge in [-0.2, -0.15) is 5.10 Å². The zero-order valence-electron chi connectivity index (χ0n) is 13.1. The average molecular weight is 286 g/mol. The van der Waals surface area contributed by atoms with Crippen molar-refractivity contribution < 1.29 is 0 Å². The Labute approximate surface area is 122 Å². The van der Waals surface area contributed by atoms with E-state index in [-0.39, 0.29) is 0 Å². The van der Waals surface area contributed by atoms with Gasteiger partial charge < -0.3 is 5.32 Å². The quantitative estimate of drug-likeness (QED) is 0.828. The summed E-state index contributed by atoms with van der Waals surface area (Å²) in [6.45, 7) is 14.0. The largest absolute Gasteiger partial charge is 0.312 e. The van der Waals surface area contributed by atoms with E-state index in [2.05, 4.69) is 56.6 Å². The van der Waals surface area contributed by atoms with Crippen LogP contribution in [0, 0.1) is 5.92 Å². The molecule has 110 valence electrons. The Morgan fingerprint density at radius 3 is 2.32 bits per heavy atom. The summed E-state index contributed by atoms with van der Waals surface area (Å²) in [7, 11) is 0. The molecule has 1 N–H and O–H groups in total. The number of hydrogen-bond acceptors (Lipinski definition) is 2. The summed E-state index contributed by atoms with van der Waals surface area (Å²) in [6.07, 6.45) is 1.87. The normalized spacial score (nSPS) is 14.9. The van der Waals surface area contributed by atoms with E-state index in [4.69, 9.17) is 11.6 Å². The molecule has 2 unspecified atom stereocenters. The molecule has 0 aliphatic rings. The lowest BCUT2D eigenvalue weighted by Gasteiger charge is -2.24. The van der Waals surface area contributed by atoms with E-state index >= 15 is 0 Å². The SMILES string of the molecule is CCc1nn(CC)c(CC(C)C(C)NC(C)C)c1Cl. The van der Waals surface area contributed by atoms with Crippen LogP contribution in [-0.2, 0) is 19.4 Å². The van der Waals surface area contributed by atoms with Crippen molar-refractivity contribution in [3.63, 3.8) is 0 Å². The van der Waals surface area contributed by atoms with Crippen molar-refractivity contribution in [3.8, 4) is 0 Å². The lowest BCUT2D eigenvalue weighted by Crippen LogP contribution is -2.38. The summed E-state index contributed by atoms with van der Waals surface area (Å²) in [6, 6.07) is 0.983. The predicted molar refractivity (Wildman–Crippen MR) is 82.9 cm³/mol. The fourth-order valence-corrected chi connectivity index (χ4v) is 2.73. The highest BCUT2D eigenvalue weighted by Gasteiger charge is 2.20. The average Bonchev–Trinajstić information content (AvgIpc) is 2.65. The summed E-state index contributed by atoms with van der Waals surface area (Å²) >= 11 is 6.46. The van der Waals surface area contributed by atoms with Gasteiger partial charge in [-0.05, 0) is 32.6 Å². The van der Waals surface area contributed by atoms with Gasteiger partial charge in [0.1, 0.15) is 0 Å².